The van der Waals surface area contributed by atoms with E-state index in [1.54, 1.807) is 0 Å². The number of hydrogen-bond acceptors (Lipinski definition) is 3. The van der Waals surface area contributed by atoms with Crippen molar-refractivity contribution < 1.29 is 9.90 Å². The lowest BCUT2D eigenvalue weighted by Gasteiger charge is -2.08. The molecule has 1 aromatic heterocycles. The number of carbonyl (C=O) groups is 1. The van der Waals surface area contributed by atoms with Crippen LogP contribution in [0.25, 0.3) is 5.69 Å². The van der Waals surface area contributed by atoms with E-state index in [-0.39, 0.29) is 12.6 Å². The number of aliphatic hydroxyl groups excluding tert-OH is 1. The predicted molar refractivity (Wildman–Crippen MR) is 85.0 cm³/mol. The number of amides is 2. The first-order chi connectivity index (χ1) is 10.6. The van der Waals surface area contributed by atoms with Crippen molar-refractivity contribution in [2.45, 2.75) is 26.8 Å². The van der Waals surface area contributed by atoms with Gasteiger partial charge in [0.15, 0.2) is 0 Å². The molecule has 0 aliphatic rings. The van der Waals surface area contributed by atoms with Gasteiger partial charge >= 0.3 is 6.03 Å². The number of hydrogen-bond donors (Lipinski definition) is 3. The minimum atomic E-state index is -0.236. The number of rotatable bonds is 6. The molecule has 0 radical (unpaired) electrons. The Bertz CT molecular complexity index is 623. The molecule has 0 aliphatic carbocycles. The normalized spacial score (nSPS) is 10.5. The standard InChI is InChI=1S/C16H22N4O2/c1-12-15(11-18-16(22)17-9-6-10-21)13(2)20(19-12)14-7-4-3-5-8-14/h3-5,7-8,21H,6,9-11H2,1-2H3,(H2,17,18,22). The van der Waals surface area contributed by atoms with Crippen molar-refractivity contribution in [3.05, 3.63) is 47.3 Å². The molecular formula is C16H22N4O2. The predicted octanol–water partition coefficient (Wildman–Crippen LogP) is 1.67. The maximum Gasteiger partial charge on any atom is 0.315 e. The maximum atomic E-state index is 11.7. The van der Waals surface area contributed by atoms with Crippen LogP contribution in [-0.4, -0.2) is 34.1 Å². The van der Waals surface area contributed by atoms with E-state index >= 15 is 0 Å². The Morgan fingerprint density at radius 1 is 1.23 bits per heavy atom. The van der Waals surface area contributed by atoms with Gasteiger partial charge in [0.05, 0.1) is 11.4 Å². The molecule has 0 saturated heterocycles. The number of carbonyl (C=O) groups excluding carboxylic acids is 1. The summed E-state index contributed by atoms with van der Waals surface area (Å²) in [4.78, 5) is 11.7. The molecule has 1 heterocycles. The lowest BCUT2D eigenvalue weighted by molar-refractivity contribution is 0.237. The molecule has 6 nitrogen and oxygen atoms in total. The first-order valence-electron chi connectivity index (χ1n) is 7.36. The average molecular weight is 302 g/mol. The first-order valence-corrected chi connectivity index (χ1v) is 7.36. The molecule has 0 fully saturated rings. The lowest BCUT2D eigenvalue weighted by Crippen LogP contribution is -2.36. The van der Waals surface area contributed by atoms with Crippen LogP contribution in [0.4, 0.5) is 4.79 Å². The zero-order valence-corrected chi connectivity index (χ0v) is 13.0. The zero-order chi connectivity index (χ0) is 15.9. The maximum absolute atomic E-state index is 11.7. The first kappa shape index (κ1) is 16.0. The highest BCUT2D eigenvalue weighted by Crippen LogP contribution is 2.17. The van der Waals surface area contributed by atoms with Crippen LogP contribution in [0.1, 0.15) is 23.4 Å². The third-order valence-electron chi connectivity index (χ3n) is 3.49. The van der Waals surface area contributed by atoms with Crippen LogP contribution in [0, 0.1) is 13.8 Å². The topological polar surface area (TPSA) is 79.2 Å². The van der Waals surface area contributed by atoms with Crippen LogP contribution >= 0.6 is 0 Å². The minimum absolute atomic E-state index is 0.0718. The highest BCUT2D eigenvalue weighted by molar-refractivity contribution is 5.73. The Labute approximate surface area is 130 Å². The van der Waals surface area contributed by atoms with Crippen LogP contribution < -0.4 is 10.6 Å². The molecule has 3 N–H and O–H groups in total. The fourth-order valence-electron chi connectivity index (χ4n) is 2.26. The van der Waals surface area contributed by atoms with Gasteiger partial charge in [-0.3, -0.25) is 0 Å². The summed E-state index contributed by atoms with van der Waals surface area (Å²) < 4.78 is 1.88. The lowest BCUT2D eigenvalue weighted by atomic mass is 10.2. The van der Waals surface area contributed by atoms with Gasteiger partial charge in [0.25, 0.3) is 0 Å². The molecule has 22 heavy (non-hydrogen) atoms. The van der Waals surface area contributed by atoms with Gasteiger partial charge in [-0.25, -0.2) is 9.48 Å². The second-order valence-corrected chi connectivity index (χ2v) is 5.08. The van der Waals surface area contributed by atoms with Crippen LogP contribution in [0.5, 0.6) is 0 Å². The molecule has 0 atom stereocenters. The van der Waals surface area contributed by atoms with E-state index < -0.39 is 0 Å². The molecule has 0 spiro atoms. The van der Waals surface area contributed by atoms with Gasteiger partial charge in [0.2, 0.25) is 0 Å². The highest BCUT2D eigenvalue weighted by Gasteiger charge is 2.13. The van der Waals surface area contributed by atoms with Crippen molar-refractivity contribution in [3.63, 3.8) is 0 Å². The Balaban J connectivity index is 2.03. The summed E-state index contributed by atoms with van der Waals surface area (Å²) in [5, 5.41) is 18.7. The van der Waals surface area contributed by atoms with Crippen LogP contribution in [0.3, 0.4) is 0 Å². The molecule has 0 bridgehead atoms. The number of nitrogens with zero attached hydrogens (tertiary/aromatic N) is 2. The van der Waals surface area contributed by atoms with Gasteiger partial charge in [0.1, 0.15) is 0 Å². The van der Waals surface area contributed by atoms with E-state index in [4.69, 9.17) is 5.11 Å². The molecule has 0 saturated carbocycles. The van der Waals surface area contributed by atoms with Gasteiger partial charge in [-0.2, -0.15) is 5.10 Å². The molecule has 2 rings (SSSR count). The van der Waals surface area contributed by atoms with E-state index in [2.05, 4.69) is 15.7 Å². The SMILES string of the molecule is Cc1nn(-c2ccccc2)c(C)c1CNC(=O)NCCCO. The smallest absolute Gasteiger partial charge is 0.315 e. The molecular weight excluding hydrogens is 280 g/mol. The summed E-state index contributed by atoms with van der Waals surface area (Å²) in [7, 11) is 0. The van der Waals surface area contributed by atoms with E-state index in [1.807, 2.05) is 48.9 Å². The molecule has 2 amide bonds. The summed E-state index contributed by atoms with van der Waals surface area (Å²) in [5.41, 5.74) is 3.93. The van der Waals surface area contributed by atoms with Crippen molar-refractivity contribution in [1.29, 1.82) is 0 Å². The van der Waals surface area contributed by atoms with E-state index in [9.17, 15) is 4.79 Å². The zero-order valence-electron chi connectivity index (χ0n) is 13.0. The van der Waals surface area contributed by atoms with Crippen molar-refractivity contribution in [1.82, 2.24) is 20.4 Å². The molecule has 2 aromatic rings. The number of benzene rings is 1. The number of nitrogens with one attached hydrogen (secondary N) is 2. The highest BCUT2D eigenvalue weighted by atomic mass is 16.3. The number of urea groups is 1. The molecule has 0 aliphatic heterocycles. The van der Waals surface area contributed by atoms with E-state index in [0.29, 0.717) is 19.5 Å². The molecule has 6 heteroatoms. The third kappa shape index (κ3) is 3.85. The number of aromatic nitrogens is 2. The molecule has 118 valence electrons. The second-order valence-electron chi connectivity index (χ2n) is 5.08. The number of aliphatic hydroxyl groups is 1. The Kier molecular flexibility index (Phi) is 5.55. The van der Waals surface area contributed by atoms with Crippen molar-refractivity contribution in [3.8, 4) is 5.69 Å². The van der Waals surface area contributed by atoms with Crippen LogP contribution in [-0.2, 0) is 6.54 Å². The van der Waals surface area contributed by atoms with Crippen LogP contribution in [0.15, 0.2) is 30.3 Å². The number of para-hydroxylation sites is 1. The van der Waals surface area contributed by atoms with Gasteiger partial charge in [0, 0.05) is 31.0 Å². The quantitative estimate of drug-likeness (QED) is 0.710. The monoisotopic (exact) mass is 302 g/mol. The van der Waals surface area contributed by atoms with Gasteiger partial charge in [-0.05, 0) is 32.4 Å². The van der Waals surface area contributed by atoms with Crippen molar-refractivity contribution in [2.75, 3.05) is 13.2 Å². The fourth-order valence-corrected chi connectivity index (χ4v) is 2.26. The van der Waals surface area contributed by atoms with Gasteiger partial charge in [-0.1, -0.05) is 18.2 Å². The second kappa shape index (κ2) is 7.61. The minimum Gasteiger partial charge on any atom is -0.396 e. The van der Waals surface area contributed by atoms with E-state index in [1.165, 1.54) is 0 Å². The summed E-state index contributed by atoms with van der Waals surface area (Å²) in [5.74, 6) is 0. The van der Waals surface area contributed by atoms with Gasteiger partial charge < -0.3 is 15.7 Å². The molecule has 0 unspecified atom stereocenters. The van der Waals surface area contributed by atoms with Crippen LogP contribution in [0.2, 0.25) is 0 Å². The Morgan fingerprint density at radius 2 is 1.95 bits per heavy atom. The average Bonchev–Trinajstić information content (AvgIpc) is 2.81. The Hall–Kier alpha value is -2.34. The van der Waals surface area contributed by atoms with Gasteiger partial charge in [-0.15, -0.1) is 0 Å². The summed E-state index contributed by atoms with van der Waals surface area (Å²) in [6.07, 6.45) is 0.553. The largest absolute Gasteiger partial charge is 0.396 e. The molecule has 1 aromatic carbocycles. The third-order valence-corrected chi connectivity index (χ3v) is 3.49. The van der Waals surface area contributed by atoms with E-state index in [0.717, 1.165) is 22.6 Å². The van der Waals surface area contributed by atoms with Crippen molar-refractivity contribution in [2.24, 2.45) is 0 Å². The summed E-state index contributed by atoms with van der Waals surface area (Å²) >= 11 is 0. The summed E-state index contributed by atoms with van der Waals surface area (Å²) in [6, 6.07) is 9.67. The number of aryl methyl sites for hydroxylation is 1. The van der Waals surface area contributed by atoms with Crippen molar-refractivity contribution >= 4 is 6.03 Å². The Morgan fingerprint density at radius 3 is 2.64 bits per heavy atom. The fraction of sp³-hybridized carbons (Fsp3) is 0.375. The summed E-state index contributed by atoms with van der Waals surface area (Å²) in [6.45, 7) is 4.89.